The van der Waals surface area contributed by atoms with E-state index in [4.69, 9.17) is 0 Å². The van der Waals surface area contributed by atoms with Crippen LogP contribution < -0.4 is 0 Å². The number of aromatic nitrogens is 1. The van der Waals surface area contributed by atoms with Crippen molar-refractivity contribution < 1.29 is 25.2 Å². The summed E-state index contributed by atoms with van der Waals surface area (Å²) in [7, 11) is 0. The van der Waals surface area contributed by atoms with Gasteiger partial charge in [-0.1, -0.05) is 66.9 Å². The van der Waals surface area contributed by atoms with E-state index in [1.54, 1.807) is 0 Å². The van der Waals surface area contributed by atoms with Crippen LogP contribution in [0, 0.1) is 13.0 Å². The zero-order valence-electron chi connectivity index (χ0n) is 17.5. The van der Waals surface area contributed by atoms with Crippen LogP contribution in [-0.2, 0) is 20.1 Å². The van der Waals surface area contributed by atoms with E-state index in [1.165, 1.54) is 16.3 Å². The number of aliphatic hydroxyl groups is 1. The van der Waals surface area contributed by atoms with Crippen molar-refractivity contribution in [3.63, 3.8) is 0 Å². The average Bonchev–Trinajstić information content (AvgIpc) is 3.35. The Hall–Kier alpha value is -2.36. The van der Waals surface area contributed by atoms with Gasteiger partial charge in [0.15, 0.2) is 0 Å². The largest absolute Gasteiger partial charge is 0.657 e. The van der Waals surface area contributed by atoms with E-state index in [0.717, 1.165) is 36.2 Å². The molecule has 0 bridgehead atoms. The summed E-state index contributed by atoms with van der Waals surface area (Å²) in [5.74, 6) is 0. The first kappa shape index (κ1) is 23.3. The molecule has 0 amide bonds. The molecule has 2 atom stereocenters. The van der Waals surface area contributed by atoms with Gasteiger partial charge < -0.3 is 15.4 Å². The molecular weight excluding hydrogens is 561 g/mol. The second-order valence-corrected chi connectivity index (χ2v) is 7.63. The number of aliphatic hydroxyl groups excluding tert-OH is 1. The Morgan fingerprint density at radius 3 is 2.48 bits per heavy atom. The number of nitrogens with zero attached hydrogens (tertiary/aromatic N) is 2. The molecule has 1 aromatic heterocycles. The minimum atomic E-state index is -0.405. The minimum Gasteiger partial charge on any atom is -0.657 e. The second-order valence-electron chi connectivity index (χ2n) is 7.63. The SMILES string of the molecule is Cc1ccc(C(O)C2CCC[N-]2)cc1.[Ir].[c-]1ccccc1-c1nccc2ccccc12. The number of hydrogen-bond donors (Lipinski definition) is 1. The van der Waals surface area contributed by atoms with Gasteiger partial charge in [-0.2, -0.15) is 0 Å². The smallest absolute Gasteiger partial charge is 0.0630 e. The first-order valence-electron chi connectivity index (χ1n) is 10.4. The van der Waals surface area contributed by atoms with Crippen LogP contribution in [0.25, 0.3) is 27.3 Å². The molecule has 1 aliphatic heterocycles. The first-order valence-corrected chi connectivity index (χ1v) is 10.4. The fourth-order valence-corrected chi connectivity index (χ4v) is 3.77. The predicted octanol–water partition coefficient (Wildman–Crippen LogP) is 6.26. The molecule has 4 heteroatoms. The molecule has 2 unspecified atom stereocenters. The Morgan fingerprint density at radius 1 is 1.00 bits per heavy atom. The maximum absolute atomic E-state index is 10.0. The topological polar surface area (TPSA) is 47.2 Å². The number of rotatable bonds is 3. The van der Waals surface area contributed by atoms with Gasteiger partial charge in [0.05, 0.1) is 6.10 Å². The van der Waals surface area contributed by atoms with Gasteiger partial charge in [-0.05, 0) is 35.0 Å². The third kappa shape index (κ3) is 5.87. The van der Waals surface area contributed by atoms with Crippen LogP contribution in [-0.4, -0.2) is 22.7 Å². The number of fused-ring (bicyclic) bond motifs is 1. The Labute approximate surface area is 197 Å². The van der Waals surface area contributed by atoms with Crippen LogP contribution in [0.15, 0.2) is 85.1 Å². The summed E-state index contributed by atoms with van der Waals surface area (Å²) < 4.78 is 0. The van der Waals surface area contributed by atoms with Crippen molar-refractivity contribution in [2.75, 3.05) is 6.54 Å². The molecule has 0 saturated carbocycles. The molecule has 31 heavy (non-hydrogen) atoms. The maximum Gasteiger partial charge on any atom is 0.0630 e. The van der Waals surface area contributed by atoms with Gasteiger partial charge in [0.1, 0.15) is 0 Å². The van der Waals surface area contributed by atoms with E-state index in [2.05, 4.69) is 35.4 Å². The Bertz CT molecular complexity index is 1070. The summed E-state index contributed by atoms with van der Waals surface area (Å²) in [5, 5.41) is 16.8. The number of aryl methyl sites for hydroxylation is 1. The number of hydrogen-bond acceptors (Lipinski definition) is 2. The van der Waals surface area contributed by atoms with Crippen LogP contribution >= 0.6 is 0 Å². The molecule has 4 aromatic rings. The molecule has 1 radical (unpaired) electrons. The van der Waals surface area contributed by atoms with Gasteiger partial charge in [-0.25, -0.2) is 0 Å². The molecule has 0 aliphatic carbocycles. The molecule has 3 nitrogen and oxygen atoms in total. The molecular formula is C27H26IrN2O-2. The van der Waals surface area contributed by atoms with Crippen LogP contribution in [0.2, 0.25) is 0 Å². The fraction of sp³-hybridized carbons (Fsp3) is 0.222. The minimum absolute atomic E-state index is 0. The fourth-order valence-electron chi connectivity index (χ4n) is 3.77. The van der Waals surface area contributed by atoms with E-state index in [-0.39, 0.29) is 26.1 Å². The Balaban J connectivity index is 0.000000172. The summed E-state index contributed by atoms with van der Waals surface area (Å²) in [6.45, 7) is 2.96. The van der Waals surface area contributed by atoms with Crippen LogP contribution in [0.3, 0.4) is 0 Å². The van der Waals surface area contributed by atoms with Gasteiger partial charge in [-0.15, -0.1) is 48.5 Å². The van der Waals surface area contributed by atoms with Crippen molar-refractivity contribution in [1.29, 1.82) is 0 Å². The number of pyridine rings is 1. The molecule has 1 N–H and O–H groups in total. The van der Waals surface area contributed by atoms with E-state index in [1.807, 2.05) is 72.9 Å². The predicted molar refractivity (Wildman–Crippen MR) is 123 cm³/mol. The van der Waals surface area contributed by atoms with Crippen molar-refractivity contribution in [3.8, 4) is 11.3 Å². The van der Waals surface area contributed by atoms with Crippen LogP contribution in [0.1, 0.15) is 30.1 Å². The average molecular weight is 587 g/mol. The zero-order chi connectivity index (χ0) is 20.8. The monoisotopic (exact) mass is 587 g/mol. The van der Waals surface area contributed by atoms with Gasteiger partial charge in [-0.3, -0.25) is 0 Å². The van der Waals surface area contributed by atoms with Gasteiger partial charge in [0.2, 0.25) is 0 Å². The molecule has 0 spiro atoms. The standard InChI is InChI=1S/C15H10N.C12H16NO.Ir/c1-2-7-13(8-3-1)15-14-9-5-4-6-12(14)10-11-16-15;1-9-4-6-10(7-5-9)12(14)11-3-2-8-13-11;/h1-7,9-11H;4-7,11-12,14H,2-3,8H2,1H3;/q2*-1;. The van der Waals surface area contributed by atoms with E-state index in [9.17, 15) is 5.11 Å². The third-order valence-corrected chi connectivity index (χ3v) is 5.44. The molecule has 1 aliphatic rings. The second kappa shape index (κ2) is 11.3. The van der Waals surface area contributed by atoms with E-state index >= 15 is 0 Å². The quantitative estimate of drug-likeness (QED) is 0.288. The molecule has 2 heterocycles. The molecule has 161 valence electrons. The first-order chi connectivity index (χ1) is 14.7. The number of benzene rings is 3. The van der Waals surface area contributed by atoms with Crippen molar-refractivity contribution in [2.24, 2.45) is 0 Å². The summed E-state index contributed by atoms with van der Waals surface area (Å²) in [6, 6.07) is 29.6. The molecule has 5 rings (SSSR count). The van der Waals surface area contributed by atoms with Crippen molar-refractivity contribution in [2.45, 2.75) is 31.9 Å². The van der Waals surface area contributed by atoms with E-state index < -0.39 is 6.10 Å². The van der Waals surface area contributed by atoms with Crippen molar-refractivity contribution >= 4 is 10.8 Å². The van der Waals surface area contributed by atoms with Gasteiger partial charge in [0.25, 0.3) is 0 Å². The van der Waals surface area contributed by atoms with Crippen molar-refractivity contribution in [3.05, 3.63) is 108 Å². The van der Waals surface area contributed by atoms with Crippen LogP contribution in [0.5, 0.6) is 0 Å². The third-order valence-electron chi connectivity index (χ3n) is 5.44. The van der Waals surface area contributed by atoms with Crippen LogP contribution in [0.4, 0.5) is 0 Å². The zero-order valence-corrected chi connectivity index (χ0v) is 19.9. The normalized spacial score (nSPS) is 16.1. The van der Waals surface area contributed by atoms with Gasteiger partial charge in [0, 0.05) is 26.3 Å². The molecule has 1 fully saturated rings. The summed E-state index contributed by atoms with van der Waals surface area (Å²) >= 11 is 0. The summed E-state index contributed by atoms with van der Waals surface area (Å²) in [6.07, 6.45) is 3.58. The Kier molecular flexibility index (Phi) is 8.50. The maximum atomic E-state index is 10.0. The molecule has 1 saturated heterocycles. The van der Waals surface area contributed by atoms with Crippen molar-refractivity contribution in [1.82, 2.24) is 4.98 Å². The van der Waals surface area contributed by atoms with Gasteiger partial charge >= 0.3 is 0 Å². The molecule has 3 aromatic carbocycles. The van der Waals surface area contributed by atoms with E-state index in [0.29, 0.717) is 0 Å². The summed E-state index contributed by atoms with van der Waals surface area (Å²) in [5.41, 5.74) is 4.26. The Morgan fingerprint density at radius 2 is 1.77 bits per heavy atom. The summed E-state index contributed by atoms with van der Waals surface area (Å²) in [4.78, 5) is 4.45.